The molecule has 0 bridgehead atoms. The van der Waals surface area contributed by atoms with E-state index in [2.05, 4.69) is 15.4 Å². The molecule has 0 saturated carbocycles. The van der Waals surface area contributed by atoms with Crippen molar-refractivity contribution in [1.82, 2.24) is 15.3 Å². The summed E-state index contributed by atoms with van der Waals surface area (Å²) in [7, 11) is 0. The van der Waals surface area contributed by atoms with Gasteiger partial charge in [0.05, 0.1) is 18.8 Å². The summed E-state index contributed by atoms with van der Waals surface area (Å²) in [6, 6.07) is 15.1. The molecule has 2 heterocycles. The predicted molar refractivity (Wildman–Crippen MR) is 89.7 cm³/mol. The summed E-state index contributed by atoms with van der Waals surface area (Å²) < 4.78 is 0. The summed E-state index contributed by atoms with van der Waals surface area (Å²) >= 11 is 0. The lowest BCUT2D eigenvalue weighted by atomic mass is 10.1. The highest BCUT2D eigenvalue weighted by Crippen LogP contribution is 2.13. The summed E-state index contributed by atoms with van der Waals surface area (Å²) in [4.78, 5) is 28.5. The minimum absolute atomic E-state index is 0.0693. The fourth-order valence-corrected chi connectivity index (χ4v) is 2.42. The third-order valence-corrected chi connectivity index (χ3v) is 3.70. The lowest BCUT2D eigenvalue weighted by molar-refractivity contribution is -0.132. The maximum absolute atomic E-state index is 12.3. The van der Waals surface area contributed by atoms with E-state index in [-0.39, 0.29) is 11.8 Å². The molecule has 0 spiro atoms. The molecule has 0 radical (unpaired) electrons. The van der Waals surface area contributed by atoms with Crippen molar-refractivity contribution < 1.29 is 9.59 Å². The van der Waals surface area contributed by atoms with Gasteiger partial charge in [-0.3, -0.25) is 14.6 Å². The minimum atomic E-state index is -0.258. The van der Waals surface area contributed by atoms with Crippen molar-refractivity contribution in [1.29, 1.82) is 0 Å². The molecule has 0 atom stereocenters. The Labute approximate surface area is 140 Å². The monoisotopic (exact) mass is 322 g/mol. The zero-order valence-corrected chi connectivity index (χ0v) is 13.2. The molecule has 1 aliphatic heterocycles. The van der Waals surface area contributed by atoms with Crippen molar-refractivity contribution in [3.8, 4) is 0 Å². The van der Waals surface area contributed by atoms with Gasteiger partial charge in [0.25, 0.3) is 5.91 Å². The van der Waals surface area contributed by atoms with E-state index >= 15 is 0 Å². The fourth-order valence-electron chi connectivity index (χ4n) is 2.42. The number of rotatable bonds is 5. The summed E-state index contributed by atoms with van der Waals surface area (Å²) in [5, 5.41) is 8.41. The number of carbonyl (C=O) groups is 2. The van der Waals surface area contributed by atoms with E-state index in [1.54, 1.807) is 6.20 Å². The number of pyridine rings is 1. The minimum Gasteiger partial charge on any atom is -0.345 e. The summed E-state index contributed by atoms with van der Waals surface area (Å²) in [5.41, 5.74) is 2.13. The average Bonchev–Trinajstić information content (AvgIpc) is 2.63. The van der Waals surface area contributed by atoms with Gasteiger partial charge in [-0.1, -0.05) is 36.4 Å². The Morgan fingerprint density at radius 3 is 2.62 bits per heavy atom. The molecule has 2 aromatic rings. The summed E-state index contributed by atoms with van der Waals surface area (Å²) in [6.45, 7) is 0.710. The van der Waals surface area contributed by atoms with Crippen molar-refractivity contribution in [3.63, 3.8) is 0 Å². The molecular formula is C18H18N4O2. The van der Waals surface area contributed by atoms with Crippen molar-refractivity contribution in [2.75, 3.05) is 0 Å². The first kappa shape index (κ1) is 15.9. The topological polar surface area (TPSA) is 74.7 Å². The highest BCUT2D eigenvalue weighted by atomic mass is 16.2. The molecular weight excluding hydrogens is 304 g/mol. The normalized spacial score (nSPS) is 14.2. The van der Waals surface area contributed by atoms with Crippen LogP contribution in [0.25, 0.3) is 0 Å². The van der Waals surface area contributed by atoms with Gasteiger partial charge < -0.3 is 5.32 Å². The van der Waals surface area contributed by atoms with Crippen LogP contribution in [0.15, 0.2) is 59.8 Å². The summed E-state index contributed by atoms with van der Waals surface area (Å²) in [6.07, 6.45) is 2.33. The average molecular weight is 322 g/mol. The third-order valence-electron chi connectivity index (χ3n) is 3.70. The van der Waals surface area contributed by atoms with Gasteiger partial charge in [-0.15, -0.1) is 0 Å². The number of carbonyl (C=O) groups excluding carboxylic acids is 2. The number of hydrogen-bond acceptors (Lipinski definition) is 4. The SMILES string of the molecule is O=C(NCc1ccccn1)C1=NN(Cc2ccccc2)C(=O)CC1. The fraction of sp³-hybridized carbons (Fsp3) is 0.222. The number of aromatic nitrogens is 1. The Morgan fingerprint density at radius 2 is 1.88 bits per heavy atom. The molecule has 0 aliphatic carbocycles. The van der Waals surface area contributed by atoms with Crippen LogP contribution >= 0.6 is 0 Å². The molecule has 0 unspecified atom stereocenters. The van der Waals surface area contributed by atoms with E-state index in [9.17, 15) is 9.59 Å². The van der Waals surface area contributed by atoms with Gasteiger partial charge in [-0.05, 0) is 17.7 Å². The summed E-state index contributed by atoms with van der Waals surface area (Å²) in [5.74, 6) is -0.327. The van der Waals surface area contributed by atoms with Crippen molar-refractivity contribution in [2.45, 2.75) is 25.9 Å². The zero-order chi connectivity index (χ0) is 16.8. The van der Waals surface area contributed by atoms with Crippen molar-refractivity contribution in [3.05, 3.63) is 66.0 Å². The van der Waals surface area contributed by atoms with E-state index in [0.29, 0.717) is 31.6 Å². The smallest absolute Gasteiger partial charge is 0.267 e. The molecule has 122 valence electrons. The van der Waals surface area contributed by atoms with Gasteiger partial charge in [-0.2, -0.15) is 5.10 Å². The number of hydrogen-bond donors (Lipinski definition) is 1. The van der Waals surface area contributed by atoms with Gasteiger partial charge in [-0.25, -0.2) is 5.01 Å². The highest BCUT2D eigenvalue weighted by molar-refractivity contribution is 6.39. The van der Waals surface area contributed by atoms with Crippen molar-refractivity contribution in [2.24, 2.45) is 5.10 Å². The first-order valence-corrected chi connectivity index (χ1v) is 7.82. The predicted octanol–water partition coefficient (Wildman–Crippen LogP) is 1.88. The Hall–Kier alpha value is -3.02. The highest BCUT2D eigenvalue weighted by Gasteiger charge is 2.24. The third kappa shape index (κ3) is 4.04. The number of hydrazone groups is 1. The Morgan fingerprint density at radius 1 is 1.08 bits per heavy atom. The molecule has 0 fully saturated rings. The molecule has 0 saturated heterocycles. The second kappa shape index (κ2) is 7.50. The van der Waals surface area contributed by atoms with Crippen LogP contribution in [0.5, 0.6) is 0 Å². The molecule has 6 heteroatoms. The molecule has 1 aromatic heterocycles. The van der Waals surface area contributed by atoms with Gasteiger partial charge >= 0.3 is 0 Å². The van der Waals surface area contributed by atoms with Gasteiger partial charge in [0.2, 0.25) is 5.91 Å². The first-order valence-electron chi connectivity index (χ1n) is 7.82. The Bertz CT molecular complexity index is 744. The molecule has 1 N–H and O–H groups in total. The van der Waals surface area contributed by atoms with Crippen LogP contribution in [0.2, 0.25) is 0 Å². The lowest BCUT2D eigenvalue weighted by Crippen LogP contribution is -2.38. The molecule has 1 aromatic carbocycles. The van der Waals surface area contributed by atoms with Crippen molar-refractivity contribution >= 4 is 17.5 Å². The van der Waals surface area contributed by atoms with E-state index in [1.807, 2.05) is 48.5 Å². The van der Waals surface area contributed by atoms with Gasteiger partial charge in [0.15, 0.2) is 0 Å². The van der Waals surface area contributed by atoms with Gasteiger partial charge in [0, 0.05) is 19.0 Å². The molecule has 3 rings (SSSR count). The lowest BCUT2D eigenvalue weighted by Gasteiger charge is -2.23. The standard InChI is InChI=1S/C18H18N4O2/c23-17-10-9-16(18(24)20-12-15-8-4-5-11-19-15)21-22(17)13-14-6-2-1-3-7-14/h1-8,11H,9-10,12-13H2,(H,20,24). The second-order valence-electron chi connectivity index (χ2n) is 5.49. The maximum atomic E-state index is 12.3. The first-order chi connectivity index (χ1) is 11.7. The van der Waals surface area contributed by atoms with E-state index in [0.717, 1.165) is 11.3 Å². The Kier molecular flexibility index (Phi) is 4.96. The molecule has 24 heavy (non-hydrogen) atoms. The zero-order valence-electron chi connectivity index (χ0n) is 13.2. The molecule has 1 aliphatic rings. The number of nitrogens with zero attached hydrogens (tertiary/aromatic N) is 3. The van der Waals surface area contributed by atoms with Gasteiger partial charge in [0.1, 0.15) is 5.71 Å². The van der Waals surface area contributed by atoms with Crippen LogP contribution in [0.4, 0.5) is 0 Å². The van der Waals surface area contributed by atoms with Crippen LogP contribution in [0, 0.1) is 0 Å². The Balaban J connectivity index is 1.64. The van der Waals surface area contributed by atoms with E-state index in [1.165, 1.54) is 5.01 Å². The van der Waals surface area contributed by atoms with E-state index in [4.69, 9.17) is 0 Å². The maximum Gasteiger partial charge on any atom is 0.267 e. The largest absolute Gasteiger partial charge is 0.345 e. The molecule has 6 nitrogen and oxygen atoms in total. The number of nitrogens with one attached hydrogen (secondary N) is 1. The number of amides is 2. The second-order valence-corrected chi connectivity index (χ2v) is 5.49. The van der Waals surface area contributed by atoms with Crippen LogP contribution in [-0.4, -0.2) is 27.5 Å². The van der Waals surface area contributed by atoms with Crippen LogP contribution in [0.1, 0.15) is 24.1 Å². The number of benzene rings is 1. The van der Waals surface area contributed by atoms with Crippen LogP contribution in [0.3, 0.4) is 0 Å². The van der Waals surface area contributed by atoms with Crippen LogP contribution in [-0.2, 0) is 22.7 Å². The molecule has 2 amide bonds. The van der Waals surface area contributed by atoms with E-state index < -0.39 is 0 Å². The quantitative estimate of drug-likeness (QED) is 0.913. The van der Waals surface area contributed by atoms with Crippen LogP contribution < -0.4 is 5.32 Å².